The molecule has 0 saturated heterocycles. The van der Waals surface area contributed by atoms with E-state index in [1.165, 1.54) is 4.90 Å². The molecule has 0 spiro atoms. The van der Waals surface area contributed by atoms with Crippen molar-refractivity contribution >= 4 is 16.9 Å². The van der Waals surface area contributed by atoms with Gasteiger partial charge in [-0.1, -0.05) is 12.1 Å². The third-order valence-electron chi connectivity index (χ3n) is 3.03. The molecule has 0 saturated carbocycles. The summed E-state index contributed by atoms with van der Waals surface area (Å²) in [6, 6.07) is 9.55. The van der Waals surface area contributed by atoms with E-state index in [0.717, 1.165) is 22.1 Å². The molecule has 0 radical (unpaired) electrons. The highest BCUT2D eigenvalue weighted by Gasteiger charge is 2.16. The number of nitrogens with zero attached hydrogens (tertiary/aromatic N) is 3. The molecular formula is C15H13N3O2. The fraction of sp³-hybridized carbons (Fsp3) is 0.267. The van der Waals surface area contributed by atoms with Crippen LogP contribution in [0, 0.1) is 29.6 Å². The van der Waals surface area contributed by atoms with E-state index < -0.39 is 0 Å². The summed E-state index contributed by atoms with van der Waals surface area (Å²) >= 11 is 0. The van der Waals surface area contributed by atoms with E-state index in [0.29, 0.717) is 0 Å². The molecule has 0 atom stereocenters. The third kappa shape index (κ3) is 2.78. The highest BCUT2D eigenvalue weighted by atomic mass is 16.3. The monoisotopic (exact) mass is 267 g/mol. The SMILES string of the molecule is Cc1ccc2c(CC(=O)N(CC#N)CC#N)coc2c1. The molecule has 0 bridgehead atoms. The number of benzene rings is 1. The molecule has 0 aliphatic heterocycles. The van der Waals surface area contributed by atoms with Crippen LogP contribution in [-0.2, 0) is 11.2 Å². The standard InChI is InChI=1S/C15H13N3O2/c1-11-2-3-13-12(10-20-14(13)8-11)9-15(19)18(6-4-16)7-5-17/h2-3,8,10H,6-7,9H2,1H3. The Hall–Kier alpha value is -2.79. The molecule has 0 aliphatic carbocycles. The first kappa shape index (κ1) is 13.6. The molecule has 0 N–H and O–H groups in total. The third-order valence-corrected chi connectivity index (χ3v) is 3.03. The minimum absolute atomic E-state index is 0.0821. The van der Waals surface area contributed by atoms with Crippen LogP contribution in [0.25, 0.3) is 11.0 Å². The Kier molecular flexibility index (Phi) is 4.02. The topological polar surface area (TPSA) is 81.0 Å². The molecule has 2 aromatic rings. The van der Waals surface area contributed by atoms with Gasteiger partial charge in [0.2, 0.25) is 5.91 Å². The van der Waals surface area contributed by atoms with Crippen LogP contribution >= 0.6 is 0 Å². The van der Waals surface area contributed by atoms with Crippen molar-refractivity contribution in [2.24, 2.45) is 0 Å². The quantitative estimate of drug-likeness (QED) is 0.795. The zero-order chi connectivity index (χ0) is 14.5. The van der Waals surface area contributed by atoms with Crippen molar-refractivity contribution in [1.82, 2.24) is 4.90 Å². The molecule has 1 amide bonds. The van der Waals surface area contributed by atoms with Crippen LogP contribution in [0.2, 0.25) is 0 Å². The molecule has 0 fully saturated rings. The van der Waals surface area contributed by atoms with Gasteiger partial charge in [0.15, 0.2) is 0 Å². The number of amides is 1. The largest absolute Gasteiger partial charge is 0.464 e. The fourth-order valence-electron chi connectivity index (χ4n) is 2.01. The first-order valence-electron chi connectivity index (χ1n) is 6.14. The van der Waals surface area contributed by atoms with Gasteiger partial charge in [-0.15, -0.1) is 0 Å². The maximum Gasteiger partial charge on any atom is 0.228 e. The number of rotatable bonds is 4. The van der Waals surface area contributed by atoms with Crippen LogP contribution in [0.5, 0.6) is 0 Å². The van der Waals surface area contributed by atoms with Crippen molar-refractivity contribution in [3.63, 3.8) is 0 Å². The first-order valence-corrected chi connectivity index (χ1v) is 6.14. The summed E-state index contributed by atoms with van der Waals surface area (Å²) in [4.78, 5) is 13.3. The number of aryl methyl sites for hydroxylation is 1. The van der Waals surface area contributed by atoms with E-state index in [2.05, 4.69) is 0 Å². The van der Waals surface area contributed by atoms with Gasteiger partial charge in [0, 0.05) is 10.9 Å². The molecular weight excluding hydrogens is 254 g/mol. The molecule has 1 aromatic heterocycles. The Balaban J connectivity index is 2.21. The number of hydrogen-bond acceptors (Lipinski definition) is 4. The van der Waals surface area contributed by atoms with Gasteiger partial charge in [0.1, 0.15) is 18.7 Å². The van der Waals surface area contributed by atoms with Crippen molar-refractivity contribution in [2.45, 2.75) is 13.3 Å². The number of furan rings is 1. The van der Waals surface area contributed by atoms with Gasteiger partial charge in [0.25, 0.3) is 0 Å². The second-order valence-corrected chi connectivity index (χ2v) is 4.50. The number of fused-ring (bicyclic) bond motifs is 1. The molecule has 20 heavy (non-hydrogen) atoms. The lowest BCUT2D eigenvalue weighted by Crippen LogP contribution is -2.32. The highest BCUT2D eigenvalue weighted by Crippen LogP contribution is 2.23. The summed E-state index contributed by atoms with van der Waals surface area (Å²) in [5, 5.41) is 18.2. The minimum Gasteiger partial charge on any atom is -0.464 e. The van der Waals surface area contributed by atoms with Crippen LogP contribution in [-0.4, -0.2) is 23.9 Å². The fourth-order valence-corrected chi connectivity index (χ4v) is 2.01. The van der Waals surface area contributed by atoms with Gasteiger partial charge in [0.05, 0.1) is 24.8 Å². The molecule has 100 valence electrons. The molecule has 1 aromatic carbocycles. The van der Waals surface area contributed by atoms with Crippen molar-refractivity contribution in [3.8, 4) is 12.1 Å². The molecule has 5 nitrogen and oxygen atoms in total. The second kappa shape index (κ2) is 5.90. The predicted octanol–water partition coefficient (Wildman–Crippen LogP) is 2.16. The normalized spacial score (nSPS) is 9.95. The molecule has 5 heteroatoms. The zero-order valence-corrected chi connectivity index (χ0v) is 11.1. The number of carbonyl (C=O) groups is 1. The first-order chi connectivity index (χ1) is 9.65. The highest BCUT2D eigenvalue weighted by molar-refractivity contribution is 5.88. The molecule has 0 aliphatic rings. The summed E-state index contributed by atoms with van der Waals surface area (Å²) < 4.78 is 5.43. The van der Waals surface area contributed by atoms with Crippen molar-refractivity contribution < 1.29 is 9.21 Å². The van der Waals surface area contributed by atoms with Crippen molar-refractivity contribution in [2.75, 3.05) is 13.1 Å². The van der Waals surface area contributed by atoms with Gasteiger partial charge in [-0.2, -0.15) is 10.5 Å². The van der Waals surface area contributed by atoms with Crippen molar-refractivity contribution in [1.29, 1.82) is 10.5 Å². The van der Waals surface area contributed by atoms with Crippen LogP contribution < -0.4 is 0 Å². The lowest BCUT2D eigenvalue weighted by Gasteiger charge is -2.15. The van der Waals surface area contributed by atoms with E-state index in [4.69, 9.17) is 14.9 Å². The average Bonchev–Trinajstić information content (AvgIpc) is 2.80. The van der Waals surface area contributed by atoms with Gasteiger partial charge in [-0.3, -0.25) is 4.79 Å². The number of hydrogen-bond donors (Lipinski definition) is 0. The lowest BCUT2D eigenvalue weighted by atomic mass is 10.1. The Morgan fingerprint density at radius 2 is 2.00 bits per heavy atom. The van der Waals surface area contributed by atoms with Crippen LogP contribution in [0.15, 0.2) is 28.9 Å². The van der Waals surface area contributed by atoms with Gasteiger partial charge < -0.3 is 9.32 Å². The Labute approximate surface area is 116 Å². The summed E-state index contributed by atoms with van der Waals surface area (Å²) in [5.41, 5.74) is 2.59. The van der Waals surface area contributed by atoms with E-state index in [9.17, 15) is 4.79 Å². The number of carbonyl (C=O) groups excluding carboxylic acids is 1. The lowest BCUT2D eigenvalue weighted by molar-refractivity contribution is -0.129. The number of nitriles is 2. The summed E-state index contributed by atoms with van der Waals surface area (Å²) in [6.45, 7) is 1.80. The van der Waals surface area contributed by atoms with E-state index >= 15 is 0 Å². The van der Waals surface area contributed by atoms with E-state index in [-0.39, 0.29) is 25.4 Å². The van der Waals surface area contributed by atoms with Crippen molar-refractivity contribution in [3.05, 3.63) is 35.6 Å². The van der Waals surface area contributed by atoms with E-state index in [1.807, 2.05) is 37.3 Å². The summed E-state index contributed by atoms with van der Waals surface area (Å²) in [5.74, 6) is -0.253. The van der Waals surface area contributed by atoms with Gasteiger partial charge in [-0.05, 0) is 18.6 Å². The Morgan fingerprint density at radius 1 is 1.30 bits per heavy atom. The predicted molar refractivity (Wildman–Crippen MR) is 72.5 cm³/mol. The van der Waals surface area contributed by atoms with Crippen LogP contribution in [0.4, 0.5) is 0 Å². The maximum atomic E-state index is 12.1. The minimum atomic E-state index is -0.253. The van der Waals surface area contributed by atoms with Gasteiger partial charge >= 0.3 is 0 Å². The molecule has 2 rings (SSSR count). The van der Waals surface area contributed by atoms with Crippen LogP contribution in [0.3, 0.4) is 0 Å². The molecule has 0 unspecified atom stereocenters. The second-order valence-electron chi connectivity index (χ2n) is 4.50. The van der Waals surface area contributed by atoms with Gasteiger partial charge in [-0.25, -0.2) is 0 Å². The molecule has 1 heterocycles. The summed E-state index contributed by atoms with van der Waals surface area (Å²) in [7, 11) is 0. The Bertz CT molecular complexity index is 703. The summed E-state index contributed by atoms with van der Waals surface area (Å²) in [6.07, 6.45) is 1.68. The zero-order valence-electron chi connectivity index (χ0n) is 11.1. The Morgan fingerprint density at radius 3 is 2.65 bits per heavy atom. The average molecular weight is 267 g/mol. The smallest absolute Gasteiger partial charge is 0.228 e. The van der Waals surface area contributed by atoms with E-state index in [1.54, 1.807) is 6.26 Å². The maximum absolute atomic E-state index is 12.1. The van der Waals surface area contributed by atoms with Crippen LogP contribution in [0.1, 0.15) is 11.1 Å².